The highest BCUT2D eigenvalue weighted by Gasteiger charge is 2.26. The standard InChI is InChI=1S/C11H19N3O3S2/c1-3-14-6-4-9(5-7-14)13-19(16,17)10-8(2)12-11(15)18-10/h9,13H,3-7H2,1-2H3,(H,12,15). The van der Waals surface area contributed by atoms with Gasteiger partial charge in [0.2, 0.25) is 0 Å². The third-order valence-corrected chi connectivity index (χ3v) is 6.51. The predicted octanol–water partition coefficient (Wildman–Crippen LogP) is 0.507. The molecule has 1 aliphatic rings. The van der Waals surface area contributed by atoms with Crippen LogP contribution in [0, 0.1) is 6.92 Å². The van der Waals surface area contributed by atoms with Gasteiger partial charge in [0.25, 0.3) is 10.0 Å². The van der Waals surface area contributed by atoms with Gasteiger partial charge in [0.05, 0.1) is 0 Å². The lowest BCUT2D eigenvalue weighted by molar-refractivity contribution is 0.217. The first kappa shape index (κ1) is 14.7. The van der Waals surface area contributed by atoms with E-state index in [-0.39, 0.29) is 15.1 Å². The number of H-pyrrole nitrogens is 1. The van der Waals surface area contributed by atoms with Crippen LogP contribution in [-0.4, -0.2) is 44.0 Å². The van der Waals surface area contributed by atoms with Gasteiger partial charge in [0.1, 0.15) is 0 Å². The summed E-state index contributed by atoms with van der Waals surface area (Å²) in [7, 11) is -3.58. The third-order valence-electron chi connectivity index (χ3n) is 3.38. The van der Waals surface area contributed by atoms with Crippen molar-refractivity contribution in [2.75, 3.05) is 19.6 Å². The number of hydrogen-bond donors (Lipinski definition) is 2. The normalized spacial score (nSPS) is 18.8. The van der Waals surface area contributed by atoms with Crippen molar-refractivity contribution in [1.82, 2.24) is 14.6 Å². The average molecular weight is 305 g/mol. The molecule has 108 valence electrons. The van der Waals surface area contributed by atoms with E-state index in [1.165, 1.54) is 0 Å². The van der Waals surface area contributed by atoms with E-state index in [0.29, 0.717) is 5.69 Å². The fraction of sp³-hybridized carbons (Fsp3) is 0.727. The Hall–Kier alpha value is -0.700. The number of sulfonamides is 1. The SMILES string of the molecule is CCN1CCC(NS(=O)(=O)c2sc(=O)[nH]c2C)CC1. The fourth-order valence-corrected chi connectivity index (χ4v) is 4.91. The number of nitrogens with zero attached hydrogens (tertiary/aromatic N) is 1. The molecule has 0 amide bonds. The lowest BCUT2D eigenvalue weighted by atomic mass is 10.1. The van der Waals surface area contributed by atoms with Gasteiger partial charge in [-0.05, 0) is 39.4 Å². The molecule has 0 spiro atoms. The van der Waals surface area contributed by atoms with Crippen LogP contribution in [0.25, 0.3) is 0 Å². The van der Waals surface area contributed by atoms with E-state index in [2.05, 4.69) is 21.5 Å². The molecule has 8 heteroatoms. The second-order valence-electron chi connectivity index (χ2n) is 4.76. The van der Waals surface area contributed by atoms with E-state index < -0.39 is 10.0 Å². The number of rotatable bonds is 4. The summed E-state index contributed by atoms with van der Waals surface area (Å²) >= 11 is 0.743. The Morgan fingerprint density at radius 2 is 2.05 bits per heavy atom. The molecule has 1 fully saturated rings. The highest BCUT2D eigenvalue weighted by Crippen LogP contribution is 2.18. The third kappa shape index (κ3) is 3.44. The van der Waals surface area contributed by atoms with Crippen LogP contribution in [0.15, 0.2) is 9.00 Å². The van der Waals surface area contributed by atoms with Crippen molar-refractivity contribution < 1.29 is 8.42 Å². The number of thiazole rings is 1. The van der Waals surface area contributed by atoms with Crippen LogP contribution in [0.3, 0.4) is 0 Å². The fourth-order valence-electron chi connectivity index (χ4n) is 2.29. The molecule has 0 radical (unpaired) electrons. The summed E-state index contributed by atoms with van der Waals surface area (Å²) < 4.78 is 27.2. The molecule has 19 heavy (non-hydrogen) atoms. The molecule has 1 aromatic heterocycles. The molecule has 2 heterocycles. The molecule has 0 aromatic carbocycles. The lowest BCUT2D eigenvalue weighted by Gasteiger charge is -2.31. The van der Waals surface area contributed by atoms with Gasteiger partial charge in [0, 0.05) is 11.7 Å². The summed E-state index contributed by atoms with van der Waals surface area (Å²) in [6.07, 6.45) is 1.62. The van der Waals surface area contributed by atoms with Gasteiger partial charge in [-0.25, -0.2) is 13.1 Å². The molecule has 1 aliphatic heterocycles. The molecule has 6 nitrogen and oxygen atoms in total. The van der Waals surface area contributed by atoms with Crippen molar-refractivity contribution in [3.8, 4) is 0 Å². The maximum absolute atomic E-state index is 12.2. The second kappa shape index (κ2) is 5.74. The maximum atomic E-state index is 12.2. The number of aromatic nitrogens is 1. The molecule has 0 atom stereocenters. The zero-order chi connectivity index (χ0) is 14.0. The summed E-state index contributed by atoms with van der Waals surface area (Å²) in [4.78, 5) is 15.7. The first-order valence-electron chi connectivity index (χ1n) is 6.36. The van der Waals surface area contributed by atoms with Crippen molar-refractivity contribution in [3.05, 3.63) is 15.4 Å². The molecule has 0 saturated carbocycles. The predicted molar refractivity (Wildman–Crippen MR) is 75.1 cm³/mol. The Morgan fingerprint density at radius 1 is 1.42 bits per heavy atom. The number of aromatic amines is 1. The minimum absolute atomic E-state index is 0.0376. The quantitative estimate of drug-likeness (QED) is 0.849. The first-order valence-corrected chi connectivity index (χ1v) is 8.66. The number of likely N-dealkylation sites (tertiary alicyclic amines) is 1. The van der Waals surface area contributed by atoms with Gasteiger partial charge < -0.3 is 9.88 Å². The lowest BCUT2D eigenvalue weighted by Crippen LogP contribution is -2.44. The Kier molecular flexibility index (Phi) is 4.44. The zero-order valence-corrected chi connectivity index (χ0v) is 12.7. The van der Waals surface area contributed by atoms with Crippen molar-refractivity contribution >= 4 is 21.4 Å². The summed E-state index contributed by atoms with van der Waals surface area (Å²) in [6, 6.07) is -0.0376. The minimum Gasteiger partial charge on any atom is -0.315 e. The second-order valence-corrected chi connectivity index (χ2v) is 7.65. The molecule has 1 aromatic rings. The van der Waals surface area contributed by atoms with E-state index in [4.69, 9.17) is 0 Å². The van der Waals surface area contributed by atoms with Crippen LogP contribution in [0.5, 0.6) is 0 Å². The monoisotopic (exact) mass is 305 g/mol. The number of piperidine rings is 1. The van der Waals surface area contributed by atoms with Gasteiger partial charge in [-0.1, -0.05) is 18.3 Å². The van der Waals surface area contributed by atoms with E-state index in [1.807, 2.05) is 0 Å². The van der Waals surface area contributed by atoms with Crippen molar-refractivity contribution in [2.24, 2.45) is 0 Å². The van der Waals surface area contributed by atoms with Gasteiger partial charge in [-0.2, -0.15) is 0 Å². The van der Waals surface area contributed by atoms with Crippen LogP contribution < -0.4 is 9.60 Å². The van der Waals surface area contributed by atoms with E-state index in [1.54, 1.807) is 6.92 Å². The number of nitrogens with one attached hydrogen (secondary N) is 2. The molecule has 0 unspecified atom stereocenters. The summed E-state index contributed by atoms with van der Waals surface area (Å²) in [5.41, 5.74) is 0.411. The highest BCUT2D eigenvalue weighted by atomic mass is 32.2. The Morgan fingerprint density at radius 3 is 2.53 bits per heavy atom. The molecular weight excluding hydrogens is 286 g/mol. The molecular formula is C11H19N3O3S2. The smallest absolute Gasteiger partial charge is 0.305 e. The van der Waals surface area contributed by atoms with Crippen molar-refractivity contribution in [3.63, 3.8) is 0 Å². The van der Waals surface area contributed by atoms with Crippen LogP contribution in [0.1, 0.15) is 25.5 Å². The molecule has 0 bridgehead atoms. The van der Waals surface area contributed by atoms with Crippen molar-refractivity contribution in [2.45, 2.75) is 36.9 Å². The average Bonchev–Trinajstić information content (AvgIpc) is 2.70. The summed E-state index contributed by atoms with van der Waals surface area (Å²) in [5.74, 6) is 0. The minimum atomic E-state index is -3.58. The van der Waals surface area contributed by atoms with Crippen LogP contribution >= 0.6 is 11.3 Å². The molecule has 1 saturated heterocycles. The topological polar surface area (TPSA) is 82.3 Å². The largest absolute Gasteiger partial charge is 0.315 e. The van der Waals surface area contributed by atoms with Gasteiger partial charge in [-0.15, -0.1) is 0 Å². The molecule has 0 aliphatic carbocycles. The Labute approximate surface area is 116 Å². The van der Waals surface area contributed by atoms with E-state index >= 15 is 0 Å². The molecule has 2 rings (SSSR count). The number of aryl methyl sites for hydroxylation is 1. The van der Waals surface area contributed by atoms with Crippen LogP contribution in [0.2, 0.25) is 0 Å². The highest BCUT2D eigenvalue weighted by molar-refractivity contribution is 7.91. The van der Waals surface area contributed by atoms with E-state index in [0.717, 1.165) is 43.8 Å². The van der Waals surface area contributed by atoms with Crippen molar-refractivity contribution in [1.29, 1.82) is 0 Å². The maximum Gasteiger partial charge on any atom is 0.305 e. The summed E-state index contributed by atoms with van der Waals surface area (Å²) in [6.45, 7) is 6.52. The Balaban J connectivity index is 2.06. The number of hydrogen-bond acceptors (Lipinski definition) is 5. The van der Waals surface area contributed by atoms with E-state index in [9.17, 15) is 13.2 Å². The van der Waals surface area contributed by atoms with Gasteiger partial charge in [0.15, 0.2) is 4.21 Å². The summed E-state index contributed by atoms with van der Waals surface area (Å²) in [5, 5.41) is 0. The molecule has 2 N–H and O–H groups in total. The van der Waals surface area contributed by atoms with Crippen LogP contribution in [-0.2, 0) is 10.0 Å². The van der Waals surface area contributed by atoms with Gasteiger partial charge >= 0.3 is 4.87 Å². The Bertz CT molecular complexity index is 583. The van der Waals surface area contributed by atoms with Crippen LogP contribution in [0.4, 0.5) is 0 Å². The first-order chi connectivity index (χ1) is 8.92. The zero-order valence-electron chi connectivity index (χ0n) is 11.1. The van der Waals surface area contributed by atoms with Gasteiger partial charge in [-0.3, -0.25) is 4.79 Å².